The molecule has 0 N–H and O–H groups in total. The maximum Gasteiger partial charge on any atom is 0.387 e. The molecule has 4 heteroatoms. The Bertz CT molecular complexity index is 258. The van der Waals surface area contributed by atoms with E-state index < -0.39 is 6.61 Å². The Labute approximate surface area is 81.4 Å². The third kappa shape index (κ3) is 3.20. The Morgan fingerprint density at radius 3 is 1.93 bits per heavy atom. The molecule has 0 heterocycles. The van der Waals surface area contributed by atoms with Crippen molar-refractivity contribution < 1.29 is 18.3 Å². The fourth-order valence-electron chi connectivity index (χ4n) is 0.995. The molecule has 0 saturated heterocycles. The molecule has 0 unspecified atom stereocenters. The zero-order chi connectivity index (χ0) is 10.6. The van der Waals surface area contributed by atoms with Crippen molar-refractivity contribution in [3.8, 4) is 11.5 Å². The number of para-hydroxylation sites is 2. The number of ether oxygens (including phenoxy) is 2. The van der Waals surface area contributed by atoms with Crippen LogP contribution in [0, 0.1) is 0 Å². The van der Waals surface area contributed by atoms with Gasteiger partial charge in [-0.3, -0.25) is 0 Å². The lowest BCUT2D eigenvalue weighted by molar-refractivity contribution is -0.0518. The van der Waals surface area contributed by atoms with E-state index in [0.717, 1.165) is 0 Å². The van der Waals surface area contributed by atoms with E-state index in [2.05, 4.69) is 4.74 Å². The molecule has 0 amide bonds. The third-order valence-electron chi connectivity index (χ3n) is 1.43. The van der Waals surface area contributed by atoms with Crippen molar-refractivity contribution in [2.24, 2.45) is 0 Å². The molecule has 0 radical (unpaired) electrons. The molecule has 0 aliphatic heterocycles. The molecule has 0 aliphatic rings. The predicted molar refractivity (Wildman–Crippen MR) is 48.8 cm³/mol. The van der Waals surface area contributed by atoms with Gasteiger partial charge in [-0.1, -0.05) is 12.1 Å². The highest BCUT2D eigenvalue weighted by atomic mass is 19.3. The number of benzene rings is 1. The first-order valence-electron chi connectivity index (χ1n) is 4.30. The highest BCUT2D eigenvalue weighted by Gasteiger charge is 2.10. The Morgan fingerprint density at radius 2 is 1.50 bits per heavy atom. The molecule has 0 aromatic heterocycles. The van der Waals surface area contributed by atoms with Crippen molar-refractivity contribution in [3.63, 3.8) is 0 Å². The number of hydrogen-bond acceptors (Lipinski definition) is 2. The van der Waals surface area contributed by atoms with Crippen molar-refractivity contribution >= 4 is 0 Å². The zero-order valence-electron chi connectivity index (χ0n) is 8.04. The number of halogens is 2. The lowest BCUT2D eigenvalue weighted by Crippen LogP contribution is -2.09. The monoisotopic (exact) mass is 202 g/mol. The van der Waals surface area contributed by atoms with Gasteiger partial charge >= 0.3 is 6.61 Å². The van der Waals surface area contributed by atoms with Gasteiger partial charge in [0.05, 0.1) is 6.10 Å². The lowest BCUT2D eigenvalue weighted by atomic mass is 10.3. The normalized spacial score (nSPS) is 10.7. The molecule has 1 rings (SSSR count). The summed E-state index contributed by atoms with van der Waals surface area (Å²) in [5.41, 5.74) is 0. The second-order valence-electron chi connectivity index (χ2n) is 2.99. The van der Waals surface area contributed by atoms with Crippen molar-refractivity contribution in [2.45, 2.75) is 26.6 Å². The molecule has 2 nitrogen and oxygen atoms in total. The first kappa shape index (κ1) is 10.8. The maximum atomic E-state index is 12.0. The van der Waals surface area contributed by atoms with Crippen LogP contribution in [0.15, 0.2) is 24.3 Å². The minimum atomic E-state index is -2.83. The molecular formula is C10H12F2O2. The quantitative estimate of drug-likeness (QED) is 0.747. The fourth-order valence-corrected chi connectivity index (χ4v) is 0.995. The minimum Gasteiger partial charge on any atom is -0.487 e. The van der Waals surface area contributed by atoms with Crippen molar-refractivity contribution in [2.75, 3.05) is 0 Å². The van der Waals surface area contributed by atoms with E-state index in [-0.39, 0.29) is 11.9 Å². The Hall–Kier alpha value is -1.32. The van der Waals surface area contributed by atoms with Crippen LogP contribution in [-0.4, -0.2) is 12.7 Å². The van der Waals surface area contributed by atoms with Crippen LogP contribution in [0.1, 0.15) is 13.8 Å². The lowest BCUT2D eigenvalue weighted by Gasteiger charge is -2.13. The van der Waals surface area contributed by atoms with E-state index in [1.54, 1.807) is 18.2 Å². The van der Waals surface area contributed by atoms with Gasteiger partial charge in [-0.25, -0.2) is 0 Å². The summed E-state index contributed by atoms with van der Waals surface area (Å²) in [6.07, 6.45) is -0.0718. The van der Waals surface area contributed by atoms with Gasteiger partial charge in [0.2, 0.25) is 0 Å². The molecule has 0 spiro atoms. The zero-order valence-corrected chi connectivity index (χ0v) is 8.04. The van der Waals surface area contributed by atoms with Crippen LogP contribution in [0.2, 0.25) is 0 Å². The van der Waals surface area contributed by atoms with Gasteiger partial charge < -0.3 is 9.47 Å². The van der Waals surface area contributed by atoms with Crippen molar-refractivity contribution in [1.82, 2.24) is 0 Å². The number of alkyl halides is 2. The van der Waals surface area contributed by atoms with Crippen LogP contribution in [0.25, 0.3) is 0 Å². The largest absolute Gasteiger partial charge is 0.487 e. The molecule has 1 aromatic carbocycles. The smallest absolute Gasteiger partial charge is 0.387 e. The molecule has 0 bridgehead atoms. The van der Waals surface area contributed by atoms with Gasteiger partial charge in [0, 0.05) is 0 Å². The van der Waals surface area contributed by atoms with Gasteiger partial charge in [-0.15, -0.1) is 0 Å². The second-order valence-corrected chi connectivity index (χ2v) is 2.99. The second kappa shape index (κ2) is 4.79. The van der Waals surface area contributed by atoms with Gasteiger partial charge in [-0.2, -0.15) is 8.78 Å². The van der Waals surface area contributed by atoms with E-state index in [1.165, 1.54) is 6.07 Å². The van der Waals surface area contributed by atoms with Crippen LogP contribution in [-0.2, 0) is 0 Å². The Kier molecular flexibility index (Phi) is 3.68. The van der Waals surface area contributed by atoms with E-state index in [4.69, 9.17) is 4.74 Å². The Balaban J connectivity index is 2.80. The summed E-state index contributed by atoms with van der Waals surface area (Å²) in [4.78, 5) is 0. The number of hydrogen-bond donors (Lipinski definition) is 0. The van der Waals surface area contributed by atoms with Gasteiger partial charge in [0.15, 0.2) is 11.5 Å². The van der Waals surface area contributed by atoms with Crippen LogP contribution in [0.5, 0.6) is 11.5 Å². The van der Waals surface area contributed by atoms with E-state index in [9.17, 15) is 8.78 Å². The van der Waals surface area contributed by atoms with Gasteiger partial charge in [-0.05, 0) is 26.0 Å². The fraction of sp³-hybridized carbons (Fsp3) is 0.400. The van der Waals surface area contributed by atoms with Crippen LogP contribution in [0.4, 0.5) is 8.78 Å². The first-order chi connectivity index (χ1) is 6.59. The van der Waals surface area contributed by atoms with Gasteiger partial charge in [0.1, 0.15) is 0 Å². The minimum absolute atomic E-state index is 0.0659. The summed E-state index contributed by atoms with van der Waals surface area (Å²) in [6, 6.07) is 6.36. The van der Waals surface area contributed by atoms with E-state index in [0.29, 0.717) is 5.75 Å². The molecular weight excluding hydrogens is 190 g/mol. The highest BCUT2D eigenvalue weighted by Crippen LogP contribution is 2.28. The molecule has 0 saturated carbocycles. The molecule has 14 heavy (non-hydrogen) atoms. The molecule has 0 aliphatic carbocycles. The standard InChI is InChI=1S/C10H12F2O2/c1-7(2)13-8-5-3-4-6-9(8)14-10(11)12/h3-7,10H,1-2H3. The summed E-state index contributed by atoms with van der Waals surface area (Å²) >= 11 is 0. The van der Waals surface area contributed by atoms with Crippen LogP contribution in [0.3, 0.4) is 0 Å². The average molecular weight is 202 g/mol. The topological polar surface area (TPSA) is 18.5 Å². The molecule has 0 fully saturated rings. The average Bonchev–Trinajstić information content (AvgIpc) is 2.06. The number of rotatable bonds is 4. The molecule has 1 aromatic rings. The predicted octanol–water partition coefficient (Wildman–Crippen LogP) is 3.08. The summed E-state index contributed by atoms with van der Waals surface area (Å²) < 4.78 is 33.5. The first-order valence-corrected chi connectivity index (χ1v) is 4.30. The van der Waals surface area contributed by atoms with Crippen molar-refractivity contribution in [1.29, 1.82) is 0 Å². The van der Waals surface area contributed by atoms with Gasteiger partial charge in [0.25, 0.3) is 0 Å². The third-order valence-corrected chi connectivity index (χ3v) is 1.43. The van der Waals surface area contributed by atoms with E-state index in [1.807, 2.05) is 13.8 Å². The summed E-state index contributed by atoms with van der Waals surface area (Å²) in [5, 5.41) is 0. The summed E-state index contributed by atoms with van der Waals surface area (Å²) in [5.74, 6) is 0.402. The van der Waals surface area contributed by atoms with Crippen LogP contribution < -0.4 is 9.47 Å². The van der Waals surface area contributed by atoms with Crippen molar-refractivity contribution in [3.05, 3.63) is 24.3 Å². The highest BCUT2D eigenvalue weighted by molar-refractivity contribution is 5.39. The maximum absolute atomic E-state index is 12.0. The van der Waals surface area contributed by atoms with Crippen LogP contribution >= 0.6 is 0 Å². The summed E-state index contributed by atoms with van der Waals surface area (Å²) in [7, 11) is 0. The molecule has 0 atom stereocenters. The summed E-state index contributed by atoms with van der Waals surface area (Å²) in [6.45, 7) is 0.810. The Morgan fingerprint density at radius 1 is 1.00 bits per heavy atom. The SMILES string of the molecule is CC(C)Oc1ccccc1OC(F)F. The van der Waals surface area contributed by atoms with E-state index >= 15 is 0 Å². The molecule has 78 valence electrons.